The summed E-state index contributed by atoms with van der Waals surface area (Å²) in [6.07, 6.45) is 6.49. The van der Waals surface area contributed by atoms with Crippen LogP contribution in [0.1, 0.15) is 11.7 Å². The average Bonchev–Trinajstić information content (AvgIpc) is 3.80. The fraction of sp³-hybridized carbons (Fsp3) is 0.0196. The van der Waals surface area contributed by atoms with E-state index in [0.29, 0.717) is 0 Å². The van der Waals surface area contributed by atoms with E-state index >= 15 is 0 Å². The molecule has 264 valence electrons. The molecule has 0 bridgehead atoms. The molecule has 0 radical (unpaired) electrons. The molecule has 0 saturated carbocycles. The summed E-state index contributed by atoms with van der Waals surface area (Å²) in [5, 5.41) is 8.75. The summed E-state index contributed by atoms with van der Waals surface area (Å²) in [6.45, 7) is 0. The second kappa shape index (κ2) is 13.1. The molecular weight excluding hydrogens is 683 g/mol. The van der Waals surface area contributed by atoms with Crippen molar-refractivity contribution in [2.24, 2.45) is 0 Å². The van der Waals surface area contributed by atoms with Gasteiger partial charge in [0.05, 0.1) is 45.2 Å². The molecule has 1 aliphatic rings. The summed E-state index contributed by atoms with van der Waals surface area (Å²) in [6, 6.07) is 64.1. The fourth-order valence-electron chi connectivity index (χ4n) is 8.38. The quantitative estimate of drug-likeness (QED) is 0.186. The van der Waals surface area contributed by atoms with Crippen LogP contribution in [-0.4, -0.2) is 19.1 Å². The minimum atomic E-state index is -0.188. The summed E-state index contributed by atoms with van der Waals surface area (Å²) in [7, 11) is 0. The molecular formula is C51H35N5. The molecule has 10 aromatic rings. The maximum Gasteiger partial charge on any atom is 0.138 e. The Labute approximate surface area is 324 Å². The van der Waals surface area contributed by atoms with Gasteiger partial charge in [-0.05, 0) is 82.9 Å². The molecule has 56 heavy (non-hydrogen) atoms. The van der Waals surface area contributed by atoms with E-state index in [2.05, 4.69) is 215 Å². The van der Waals surface area contributed by atoms with Crippen molar-refractivity contribution in [2.45, 2.75) is 6.04 Å². The number of aromatic nitrogens is 4. The van der Waals surface area contributed by atoms with Crippen molar-refractivity contribution in [1.29, 1.82) is 0 Å². The Morgan fingerprint density at radius 1 is 0.411 bits per heavy atom. The number of allylic oxidation sites excluding steroid dienone is 2. The van der Waals surface area contributed by atoms with Gasteiger partial charge in [0.15, 0.2) is 0 Å². The highest BCUT2D eigenvalue weighted by molar-refractivity contribution is 6.10. The molecule has 0 saturated heterocycles. The van der Waals surface area contributed by atoms with Crippen molar-refractivity contribution in [3.8, 4) is 39.5 Å². The first-order valence-corrected chi connectivity index (χ1v) is 19.0. The molecule has 0 spiro atoms. The summed E-state index contributed by atoms with van der Waals surface area (Å²) < 4.78 is 4.59. The van der Waals surface area contributed by atoms with Crippen LogP contribution >= 0.6 is 0 Å². The van der Waals surface area contributed by atoms with E-state index in [1.54, 1.807) is 0 Å². The first-order valence-electron chi connectivity index (χ1n) is 19.0. The van der Waals surface area contributed by atoms with Gasteiger partial charge in [0, 0.05) is 21.5 Å². The molecule has 1 N–H and O–H groups in total. The Morgan fingerprint density at radius 3 is 1.59 bits per heavy atom. The molecule has 0 fully saturated rings. The van der Waals surface area contributed by atoms with Crippen LogP contribution < -0.4 is 5.32 Å². The summed E-state index contributed by atoms with van der Waals surface area (Å²) in [5.74, 6) is 1.85. The van der Waals surface area contributed by atoms with Crippen LogP contribution in [0.5, 0.6) is 0 Å². The van der Waals surface area contributed by atoms with Crippen LogP contribution in [0.3, 0.4) is 0 Å². The summed E-state index contributed by atoms with van der Waals surface area (Å²) in [4.78, 5) is 10.7. The lowest BCUT2D eigenvalue weighted by Gasteiger charge is -2.24. The van der Waals surface area contributed by atoms with Crippen molar-refractivity contribution < 1.29 is 0 Å². The largest absolute Gasteiger partial charge is 0.359 e. The summed E-state index contributed by atoms with van der Waals surface area (Å²) >= 11 is 0. The lowest BCUT2D eigenvalue weighted by molar-refractivity contribution is 0.714. The molecule has 0 amide bonds. The van der Waals surface area contributed by atoms with Gasteiger partial charge in [-0.1, -0.05) is 140 Å². The number of nitrogens with one attached hydrogen (secondary N) is 1. The van der Waals surface area contributed by atoms with Crippen molar-refractivity contribution in [1.82, 2.24) is 24.4 Å². The van der Waals surface area contributed by atoms with Gasteiger partial charge >= 0.3 is 0 Å². The third-order valence-corrected chi connectivity index (χ3v) is 11.0. The van der Waals surface area contributed by atoms with Gasteiger partial charge in [0.2, 0.25) is 0 Å². The maximum atomic E-state index is 5.40. The van der Waals surface area contributed by atoms with Crippen molar-refractivity contribution in [3.05, 3.63) is 206 Å². The lowest BCUT2D eigenvalue weighted by Crippen LogP contribution is -2.24. The van der Waals surface area contributed by atoms with E-state index in [1.807, 2.05) is 0 Å². The second-order valence-electron chi connectivity index (χ2n) is 14.3. The second-order valence-corrected chi connectivity index (χ2v) is 14.3. The number of hydrogen-bond acceptors (Lipinski definition) is 3. The van der Waals surface area contributed by atoms with Crippen LogP contribution in [0.2, 0.25) is 0 Å². The number of nitrogens with zero attached hydrogens (tertiary/aromatic N) is 4. The molecule has 1 unspecified atom stereocenters. The van der Waals surface area contributed by atoms with Gasteiger partial charge in [-0.25, -0.2) is 9.97 Å². The summed E-state index contributed by atoms with van der Waals surface area (Å²) in [5.41, 5.74) is 11.7. The number of benzene rings is 6. The van der Waals surface area contributed by atoms with Crippen LogP contribution in [-0.2, 0) is 0 Å². The number of dihydropyridines is 1. The van der Waals surface area contributed by atoms with E-state index in [9.17, 15) is 0 Å². The molecule has 11 rings (SSSR count). The molecule has 5 heterocycles. The number of pyridine rings is 2. The number of fused-ring (bicyclic) bond motifs is 6. The minimum absolute atomic E-state index is 0.188. The molecule has 5 heteroatoms. The van der Waals surface area contributed by atoms with Crippen LogP contribution in [0.25, 0.3) is 88.9 Å². The van der Waals surface area contributed by atoms with Gasteiger partial charge in [0.1, 0.15) is 11.6 Å². The first kappa shape index (κ1) is 32.0. The van der Waals surface area contributed by atoms with Gasteiger partial charge in [-0.3, -0.25) is 9.13 Å². The molecule has 1 atom stereocenters. The predicted molar refractivity (Wildman–Crippen MR) is 231 cm³/mol. The normalized spacial score (nSPS) is 14.1. The number of rotatable bonds is 6. The van der Waals surface area contributed by atoms with E-state index in [4.69, 9.17) is 9.97 Å². The molecule has 4 aromatic heterocycles. The van der Waals surface area contributed by atoms with Gasteiger partial charge in [0.25, 0.3) is 0 Å². The number of hydrogen-bond donors (Lipinski definition) is 1. The topological polar surface area (TPSA) is 47.7 Å². The van der Waals surface area contributed by atoms with Gasteiger partial charge in [-0.15, -0.1) is 0 Å². The van der Waals surface area contributed by atoms with E-state index in [1.165, 1.54) is 32.7 Å². The van der Waals surface area contributed by atoms with E-state index in [0.717, 1.165) is 61.9 Å². The third-order valence-electron chi connectivity index (χ3n) is 11.0. The predicted octanol–water partition coefficient (Wildman–Crippen LogP) is 12.4. The minimum Gasteiger partial charge on any atom is -0.359 e. The Hall–Kier alpha value is -7.50. The lowest BCUT2D eigenvalue weighted by atomic mass is 9.97. The van der Waals surface area contributed by atoms with Gasteiger partial charge < -0.3 is 5.32 Å². The average molecular weight is 718 g/mol. The van der Waals surface area contributed by atoms with Crippen LogP contribution in [0, 0.1) is 0 Å². The smallest absolute Gasteiger partial charge is 0.138 e. The zero-order chi connectivity index (χ0) is 37.0. The Kier molecular flexibility index (Phi) is 7.49. The Balaban J connectivity index is 1.06. The maximum absolute atomic E-state index is 5.40. The van der Waals surface area contributed by atoms with Crippen molar-refractivity contribution in [3.63, 3.8) is 0 Å². The van der Waals surface area contributed by atoms with Crippen molar-refractivity contribution in [2.75, 3.05) is 0 Å². The third kappa shape index (κ3) is 5.32. The standard InChI is InChI=1S/C51H35N5/c1-2-15-34(16-3-1)35-17-12-18-36(31-35)37-32-44(42-23-13-29-50(53-42)55-46-25-8-4-19-38(46)39-20-5-9-26-47(39)55)52-45(33-37)43-24-14-30-51(54-43)56-48-27-10-6-21-40(48)41-22-7-11-28-49(41)56/h1-33,42,53H. The monoisotopic (exact) mass is 717 g/mol. The van der Waals surface area contributed by atoms with Crippen molar-refractivity contribution >= 4 is 49.4 Å². The molecule has 1 aliphatic heterocycles. The SMILES string of the molecule is C1=CC(c2cc(-c3cccc(-c4ccccc4)c3)cc(-c3cccc(-n4c5ccccc5c5ccccc54)n3)n2)NC(n2c3ccccc3c3ccccc32)=C1. The molecule has 6 aromatic carbocycles. The number of para-hydroxylation sites is 4. The Bertz CT molecular complexity index is 3080. The molecule has 5 nitrogen and oxygen atoms in total. The highest BCUT2D eigenvalue weighted by atomic mass is 15.2. The zero-order valence-corrected chi connectivity index (χ0v) is 30.4. The highest BCUT2D eigenvalue weighted by Crippen LogP contribution is 2.36. The van der Waals surface area contributed by atoms with Crippen LogP contribution in [0.15, 0.2) is 200 Å². The fourth-order valence-corrected chi connectivity index (χ4v) is 8.38. The van der Waals surface area contributed by atoms with E-state index in [-0.39, 0.29) is 6.04 Å². The highest BCUT2D eigenvalue weighted by Gasteiger charge is 2.21. The van der Waals surface area contributed by atoms with Crippen LogP contribution in [0.4, 0.5) is 0 Å². The van der Waals surface area contributed by atoms with E-state index < -0.39 is 0 Å². The van der Waals surface area contributed by atoms with Gasteiger partial charge in [-0.2, -0.15) is 0 Å². The molecule has 0 aliphatic carbocycles. The first-order chi connectivity index (χ1) is 27.8. The zero-order valence-electron chi connectivity index (χ0n) is 30.4. The Morgan fingerprint density at radius 2 is 0.946 bits per heavy atom.